The molecule has 0 atom stereocenters. The van der Waals surface area contributed by atoms with Crippen LogP contribution < -0.4 is 10.9 Å². The number of fused-ring (bicyclic) bond motifs is 1. The number of aromatic nitrogens is 5. The zero-order valence-electron chi connectivity index (χ0n) is 18.5. The van der Waals surface area contributed by atoms with Gasteiger partial charge in [-0.2, -0.15) is 5.10 Å². The summed E-state index contributed by atoms with van der Waals surface area (Å²) in [5, 5.41) is 11.4. The molecule has 0 aliphatic heterocycles. The molecule has 1 N–H and O–H groups in total. The first-order chi connectivity index (χ1) is 16.6. The molecule has 0 aliphatic rings. The van der Waals surface area contributed by atoms with Gasteiger partial charge in [-0.25, -0.2) is 9.67 Å². The van der Waals surface area contributed by atoms with Crippen LogP contribution in [0.4, 0.5) is 0 Å². The maximum absolute atomic E-state index is 12.9. The lowest BCUT2D eigenvalue weighted by atomic mass is 10.1. The van der Waals surface area contributed by atoms with Crippen molar-refractivity contribution < 1.29 is 9.32 Å². The number of amides is 1. The molecule has 0 saturated heterocycles. The molecule has 3 aromatic heterocycles. The minimum Gasteiger partial charge on any atom is -0.355 e. The summed E-state index contributed by atoms with van der Waals surface area (Å²) in [6, 6.07) is 19.1. The Morgan fingerprint density at radius 3 is 2.68 bits per heavy atom. The average molecular weight is 454 g/mol. The summed E-state index contributed by atoms with van der Waals surface area (Å²) in [5.74, 6) is 0.172. The van der Waals surface area contributed by atoms with Crippen LogP contribution in [0.2, 0.25) is 0 Å². The number of rotatable bonds is 7. The Kier molecular flexibility index (Phi) is 5.73. The van der Waals surface area contributed by atoms with Gasteiger partial charge in [0.1, 0.15) is 11.7 Å². The van der Waals surface area contributed by atoms with Gasteiger partial charge in [0, 0.05) is 18.2 Å². The monoisotopic (exact) mass is 454 g/mol. The minimum absolute atomic E-state index is 0.156. The third-order valence-electron chi connectivity index (χ3n) is 5.51. The van der Waals surface area contributed by atoms with E-state index >= 15 is 0 Å². The largest absolute Gasteiger partial charge is 0.355 e. The van der Waals surface area contributed by atoms with Crippen LogP contribution in [-0.2, 0) is 13.1 Å². The lowest BCUT2D eigenvalue weighted by Crippen LogP contribution is -2.28. The maximum Gasteiger partial charge on any atom is 0.273 e. The standard InChI is InChI=1S/C25H22N6O3/c1-17-7-9-18(10-8-17)15-30-16-27-23-20(25(30)33)14-28-31(23)12-11-26-24(32)21-13-22(34-29-21)19-5-3-2-4-6-19/h2-10,13-14,16H,11-12,15H2,1H3,(H,26,32). The van der Waals surface area contributed by atoms with Crippen molar-refractivity contribution in [1.82, 2.24) is 29.8 Å². The number of nitrogens with one attached hydrogen (secondary N) is 1. The molecule has 2 aromatic carbocycles. The first-order valence-corrected chi connectivity index (χ1v) is 10.9. The van der Waals surface area contributed by atoms with E-state index in [2.05, 4.69) is 20.6 Å². The summed E-state index contributed by atoms with van der Waals surface area (Å²) < 4.78 is 8.45. The van der Waals surface area contributed by atoms with Gasteiger partial charge in [-0.05, 0) is 12.5 Å². The molecule has 0 unspecified atom stereocenters. The summed E-state index contributed by atoms with van der Waals surface area (Å²) in [6.45, 7) is 3.10. The van der Waals surface area contributed by atoms with Crippen LogP contribution in [0.1, 0.15) is 21.6 Å². The first-order valence-electron chi connectivity index (χ1n) is 10.9. The van der Waals surface area contributed by atoms with Gasteiger partial charge in [0.25, 0.3) is 11.5 Å². The zero-order valence-corrected chi connectivity index (χ0v) is 18.5. The molecule has 5 aromatic rings. The first kappa shape index (κ1) is 21.3. The third kappa shape index (κ3) is 4.36. The van der Waals surface area contributed by atoms with Crippen LogP contribution in [0.25, 0.3) is 22.4 Å². The van der Waals surface area contributed by atoms with E-state index in [4.69, 9.17) is 4.52 Å². The topological polar surface area (TPSA) is 108 Å². The number of hydrogen-bond donors (Lipinski definition) is 1. The lowest BCUT2D eigenvalue weighted by molar-refractivity contribution is 0.0943. The van der Waals surface area contributed by atoms with Gasteiger partial charge in [0.15, 0.2) is 17.1 Å². The van der Waals surface area contributed by atoms with Crippen molar-refractivity contribution in [2.24, 2.45) is 0 Å². The lowest BCUT2D eigenvalue weighted by Gasteiger charge is -2.07. The highest BCUT2D eigenvalue weighted by Gasteiger charge is 2.14. The van der Waals surface area contributed by atoms with Crippen molar-refractivity contribution in [2.45, 2.75) is 20.0 Å². The Bertz CT molecular complexity index is 1500. The van der Waals surface area contributed by atoms with Gasteiger partial charge < -0.3 is 9.84 Å². The molecule has 0 radical (unpaired) electrons. The number of carbonyl (C=O) groups is 1. The van der Waals surface area contributed by atoms with E-state index in [1.54, 1.807) is 15.3 Å². The fraction of sp³-hybridized carbons (Fsp3) is 0.160. The number of benzene rings is 2. The molecule has 9 heteroatoms. The minimum atomic E-state index is -0.351. The Labute approximate surface area is 194 Å². The van der Waals surface area contributed by atoms with Crippen LogP contribution in [0.5, 0.6) is 0 Å². The second-order valence-electron chi connectivity index (χ2n) is 7.97. The summed E-state index contributed by atoms with van der Waals surface area (Å²) in [7, 11) is 0. The smallest absolute Gasteiger partial charge is 0.273 e. The van der Waals surface area contributed by atoms with Crippen LogP contribution in [-0.4, -0.2) is 36.9 Å². The predicted molar refractivity (Wildman–Crippen MR) is 126 cm³/mol. The van der Waals surface area contributed by atoms with Gasteiger partial charge in [0.2, 0.25) is 0 Å². The average Bonchev–Trinajstić information content (AvgIpc) is 3.51. The van der Waals surface area contributed by atoms with Crippen LogP contribution in [0, 0.1) is 6.92 Å². The Balaban J connectivity index is 1.24. The maximum atomic E-state index is 12.9. The Hall–Kier alpha value is -4.53. The van der Waals surface area contributed by atoms with E-state index in [9.17, 15) is 9.59 Å². The molecule has 3 heterocycles. The van der Waals surface area contributed by atoms with E-state index in [-0.39, 0.29) is 23.7 Å². The second-order valence-corrected chi connectivity index (χ2v) is 7.97. The summed E-state index contributed by atoms with van der Waals surface area (Å²) >= 11 is 0. The number of aryl methyl sites for hydroxylation is 1. The van der Waals surface area contributed by atoms with E-state index in [1.807, 2.05) is 61.5 Å². The van der Waals surface area contributed by atoms with Gasteiger partial charge >= 0.3 is 0 Å². The van der Waals surface area contributed by atoms with E-state index in [0.29, 0.717) is 29.9 Å². The number of carbonyl (C=O) groups excluding carboxylic acids is 1. The third-order valence-corrected chi connectivity index (χ3v) is 5.51. The van der Waals surface area contributed by atoms with E-state index in [1.165, 1.54) is 18.1 Å². The Morgan fingerprint density at radius 1 is 1.09 bits per heavy atom. The Morgan fingerprint density at radius 2 is 1.88 bits per heavy atom. The van der Waals surface area contributed by atoms with E-state index < -0.39 is 0 Å². The predicted octanol–water partition coefficient (Wildman–Crippen LogP) is 3.03. The van der Waals surface area contributed by atoms with Crippen molar-refractivity contribution in [3.05, 3.63) is 100 Å². The summed E-state index contributed by atoms with van der Waals surface area (Å²) in [6.07, 6.45) is 3.05. The fourth-order valence-electron chi connectivity index (χ4n) is 3.65. The molecule has 0 aliphatic carbocycles. The van der Waals surface area contributed by atoms with Crippen molar-refractivity contribution in [3.63, 3.8) is 0 Å². The SMILES string of the molecule is Cc1ccc(Cn2cnc3c(cnn3CCNC(=O)c3cc(-c4ccccc4)on3)c2=O)cc1. The van der Waals surface area contributed by atoms with Crippen molar-refractivity contribution >= 4 is 16.9 Å². The van der Waals surface area contributed by atoms with Crippen molar-refractivity contribution in [3.8, 4) is 11.3 Å². The second kappa shape index (κ2) is 9.14. The normalized spacial score (nSPS) is 11.1. The van der Waals surface area contributed by atoms with Gasteiger partial charge in [0.05, 0.1) is 19.3 Å². The summed E-state index contributed by atoms with van der Waals surface area (Å²) in [5.41, 5.74) is 3.55. The highest BCUT2D eigenvalue weighted by Crippen LogP contribution is 2.19. The van der Waals surface area contributed by atoms with Gasteiger partial charge in [-0.3, -0.25) is 14.2 Å². The molecule has 34 heavy (non-hydrogen) atoms. The van der Waals surface area contributed by atoms with Gasteiger partial charge in [-0.1, -0.05) is 65.3 Å². The van der Waals surface area contributed by atoms with E-state index in [0.717, 1.165) is 11.1 Å². The number of hydrogen-bond acceptors (Lipinski definition) is 6. The molecule has 0 bridgehead atoms. The molecular formula is C25H22N6O3. The molecular weight excluding hydrogens is 432 g/mol. The highest BCUT2D eigenvalue weighted by atomic mass is 16.5. The number of nitrogens with zero attached hydrogens (tertiary/aromatic N) is 5. The van der Waals surface area contributed by atoms with Crippen LogP contribution in [0.15, 0.2) is 82.5 Å². The highest BCUT2D eigenvalue weighted by molar-refractivity contribution is 5.93. The fourth-order valence-corrected chi connectivity index (χ4v) is 3.65. The molecule has 0 spiro atoms. The molecule has 0 saturated carbocycles. The van der Waals surface area contributed by atoms with Crippen LogP contribution in [0.3, 0.4) is 0 Å². The van der Waals surface area contributed by atoms with Gasteiger partial charge in [-0.15, -0.1) is 0 Å². The molecule has 5 rings (SSSR count). The zero-order chi connectivity index (χ0) is 23.5. The molecule has 1 amide bonds. The molecule has 0 fully saturated rings. The van der Waals surface area contributed by atoms with Crippen LogP contribution >= 0.6 is 0 Å². The van der Waals surface area contributed by atoms with Crippen molar-refractivity contribution in [1.29, 1.82) is 0 Å². The molecule has 170 valence electrons. The van der Waals surface area contributed by atoms with Crippen molar-refractivity contribution in [2.75, 3.05) is 6.54 Å². The quantitative estimate of drug-likeness (QED) is 0.405. The summed E-state index contributed by atoms with van der Waals surface area (Å²) in [4.78, 5) is 29.8. The molecule has 9 nitrogen and oxygen atoms in total.